The van der Waals surface area contributed by atoms with Gasteiger partial charge in [0.05, 0.1) is 18.2 Å². The van der Waals surface area contributed by atoms with Gasteiger partial charge in [0.2, 0.25) is 0 Å². The van der Waals surface area contributed by atoms with E-state index in [4.69, 9.17) is 10.6 Å². The third-order valence-electron chi connectivity index (χ3n) is 3.27. The van der Waals surface area contributed by atoms with E-state index in [0.717, 1.165) is 22.9 Å². The van der Waals surface area contributed by atoms with E-state index < -0.39 is 0 Å². The van der Waals surface area contributed by atoms with Crippen LogP contribution < -0.4 is 11.3 Å². The van der Waals surface area contributed by atoms with E-state index in [0.29, 0.717) is 18.3 Å². The van der Waals surface area contributed by atoms with E-state index in [9.17, 15) is 0 Å². The van der Waals surface area contributed by atoms with Crippen LogP contribution >= 0.6 is 0 Å². The molecule has 4 nitrogen and oxygen atoms in total. The summed E-state index contributed by atoms with van der Waals surface area (Å²) in [5, 5.41) is 1.10. The number of fused-ring (bicyclic) bond motifs is 1. The third-order valence-corrected chi connectivity index (χ3v) is 3.27. The van der Waals surface area contributed by atoms with Crippen LogP contribution in [0.4, 0.5) is 5.82 Å². The first-order chi connectivity index (χ1) is 9.60. The molecule has 1 heterocycles. The minimum absolute atomic E-state index is 0.229. The molecule has 0 aliphatic rings. The number of nitrogen functional groups attached to an aromatic ring is 1. The number of hydrazine groups is 1. The molecule has 0 saturated carbocycles. The molecule has 2 aromatic rings. The largest absolute Gasteiger partial charge is 0.374 e. The monoisotopic (exact) mass is 273 g/mol. The number of aromatic nitrogens is 1. The van der Waals surface area contributed by atoms with Crippen molar-refractivity contribution in [2.45, 2.75) is 39.9 Å². The average Bonchev–Trinajstić information content (AvgIpc) is 2.43. The lowest BCUT2D eigenvalue weighted by Gasteiger charge is -2.16. The van der Waals surface area contributed by atoms with Crippen LogP contribution in [0.3, 0.4) is 0 Å². The van der Waals surface area contributed by atoms with Gasteiger partial charge in [-0.25, -0.2) is 10.8 Å². The first-order valence-electron chi connectivity index (χ1n) is 7.07. The number of para-hydroxylation sites is 1. The zero-order chi connectivity index (χ0) is 14.5. The standard InChI is InChI=1S/C16H23N3O/c1-11(2)8-12(3)20-10-14-9-13-6-4-5-7-15(13)18-16(14)19-17/h4-7,9,11-12H,8,10,17H2,1-3H3,(H,18,19). The van der Waals surface area contributed by atoms with Gasteiger partial charge < -0.3 is 10.2 Å². The molecule has 1 unspecified atom stereocenters. The fraction of sp³-hybridized carbons (Fsp3) is 0.438. The Morgan fingerprint density at radius 1 is 1.25 bits per heavy atom. The highest BCUT2D eigenvalue weighted by atomic mass is 16.5. The summed E-state index contributed by atoms with van der Waals surface area (Å²) in [6.45, 7) is 7.02. The molecular weight excluding hydrogens is 250 g/mol. The Hall–Kier alpha value is -1.65. The number of ether oxygens (including phenoxy) is 1. The summed E-state index contributed by atoms with van der Waals surface area (Å²) in [4.78, 5) is 4.52. The fourth-order valence-corrected chi connectivity index (χ4v) is 2.36. The van der Waals surface area contributed by atoms with Crippen molar-refractivity contribution in [1.29, 1.82) is 0 Å². The van der Waals surface area contributed by atoms with Crippen molar-refractivity contribution < 1.29 is 4.74 Å². The van der Waals surface area contributed by atoms with Gasteiger partial charge in [0.15, 0.2) is 0 Å². The molecule has 0 saturated heterocycles. The van der Waals surface area contributed by atoms with Crippen molar-refractivity contribution in [2.24, 2.45) is 11.8 Å². The molecule has 108 valence electrons. The Morgan fingerprint density at radius 3 is 2.70 bits per heavy atom. The summed E-state index contributed by atoms with van der Waals surface area (Å²) in [6, 6.07) is 10.1. The van der Waals surface area contributed by atoms with Gasteiger partial charge in [-0.1, -0.05) is 32.0 Å². The smallest absolute Gasteiger partial charge is 0.146 e. The summed E-state index contributed by atoms with van der Waals surface area (Å²) < 4.78 is 5.89. The van der Waals surface area contributed by atoms with E-state index >= 15 is 0 Å². The van der Waals surface area contributed by atoms with E-state index in [1.165, 1.54) is 0 Å². The van der Waals surface area contributed by atoms with Gasteiger partial charge in [-0.3, -0.25) is 0 Å². The fourth-order valence-electron chi connectivity index (χ4n) is 2.36. The number of rotatable bonds is 6. The van der Waals surface area contributed by atoms with Crippen molar-refractivity contribution in [2.75, 3.05) is 5.43 Å². The highest BCUT2D eigenvalue weighted by Crippen LogP contribution is 2.21. The number of hydrogen-bond donors (Lipinski definition) is 2. The van der Waals surface area contributed by atoms with Gasteiger partial charge in [-0.2, -0.15) is 0 Å². The quantitative estimate of drug-likeness (QED) is 0.625. The molecule has 0 aliphatic carbocycles. The van der Waals surface area contributed by atoms with Crippen molar-refractivity contribution in [3.8, 4) is 0 Å². The zero-order valence-electron chi connectivity index (χ0n) is 12.4. The molecule has 0 radical (unpaired) electrons. The minimum atomic E-state index is 0.229. The number of benzene rings is 1. The Bertz CT molecular complexity index is 569. The highest BCUT2D eigenvalue weighted by Gasteiger charge is 2.09. The molecular formula is C16H23N3O. The van der Waals surface area contributed by atoms with Crippen LogP contribution in [0.1, 0.15) is 32.8 Å². The molecule has 0 aliphatic heterocycles. The SMILES string of the molecule is CC(C)CC(C)OCc1cc2ccccc2nc1NN. The van der Waals surface area contributed by atoms with Crippen LogP contribution in [0.25, 0.3) is 10.9 Å². The van der Waals surface area contributed by atoms with Crippen LogP contribution in [-0.4, -0.2) is 11.1 Å². The minimum Gasteiger partial charge on any atom is -0.374 e. The zero-order valence-corrected chi connectivity index (χ0v) is 12.4. The van der Waals surface area contributed by atoms with Gasteiger partial charge in [-0.05, 0) is 31.4 Å². The van der Waals surface area contributed by atoms with Gasteiger partial charge in [0.25, 0.3) is 0 Å². The summed E-state index contributed by atoms with van der Waals surface area (Å²) in [6.07, 6.45) is 1.28. The lowest BCUT2D eigenvalue weighted by molar-refractivity contribution is 0.0399. The Labute approximate surface area is 120 Å². The molecule has 2 rings (SSSR count). The van der Waals surface area contributed by atoms with Crippen molar-refractivity contribution in [3.63, 3.8) is 0 Å². The van der Waals surface area contributed by atoms with Gasteiger partial charge in [0.1, 0.15) is 5.82 Å². The maximum atomic E-state index is 5.89. The Balaban J connectivity index is 2.16. The van der Waals surface area contributed by atoms with Crippen LogP contribution in [0.5, 0.6) is 0 Å². The van der Waals surface area contributed by atoms with Gasteiger partial charge >= 0.3 is 0 Å². The second-order valence-electron chi connectivity index (χ2n) is 5.58. The number of anilines is 1. The van der Waals surface area contributed by atoms with Crippen LogP contribution in [0.15, 0.2) is 30.3 Å². The molecule has 0 bridgehead atoms. The Morgan fingerprint density at radius 2 is 2.00 bits per heavy atom. The van der Waals surface area contributed by atoms with Crippen molar-refractivity contribution >= 4 is 16.7 Å². The maximum Gasteiger partial charge on any atom is 0.146 e. The third kappa shape index (κ3) is 3.68. The summed E-state index contributed by atoms with van der Waals surface area (Å²) in [5.41, 5.74) is 4.58. The normalized spacial score (nSPS) is 12.8. The number of pyridine rings is 1. The van der Waals surface area contributed by atoms with E-state index in [-0.39, 0.29) is 6.10 Å². The van der Waals surface area contributed by atoms with Crippen molar-refractivity contribution in [1.82, 2.24) is 4.98 Å². The average molecular weight is 273 g/mol. The van der Waals surface area contributed by atoms with Crippen molar-refractivity contribution in [3.05, 3.63) is 35.9 Å². The second kappa shape index (κ2) is 6.68. The first-order valence-corrected chi connectivity index (χ1v) is 7.07. The summed E-state index contributed by atoms with van der Waals surface area (Å²) in [7, 11) is 0. The molecule has 0 fully saturated rings. The molecule has 1 atom stereocenters. The Kier molecular flexibility index (Phi) is 4.93. The van der Waals surface area contributed by atoms with E-state index in [1.807, 2.05) is 24.3 Å². The summed E-state index contributed by atoms with van der Waals surface area (Å²) >= 11 is 0. The second-order valence-corrected chi connectivity index (χ2v) is 5.58. The van der Waals surface area contributed by atoms with Gasteiger partial charge in [-0.15, -0.1) is 0 Å². The van der Waals surface area contributed by atoms with E-state index in [1.54, 1.807) is 0 Å². The number of nitrogens with one attached hydrogen (secondary N) is 1. The molecule has 20 heavy (non-hydrogen) atoms. The number of nitrogens with two attached hydrogens (primary N) is 1. The maximum absolute atomic E-state index is 5.89. The molecule has 1 aromatic heterocycles. The molecule has 3 N–H and O–H groups in total. The predicted octanol–water partition coefficient (Wildman–Crippen LogP) is 3.47. The summed E-state index contributed by atoms with van der Waals surface area (Å²) in [5.74, 6) is 6.87. The molecule has 1 aromatic carbocycles. The molecule has 4 heteroatoms. The van der Waals surface area contributed by atoms with Gasteiger partial charge in [0, 0.05) is 10.9 Å². The molecule has 0 amide bonds. The molecule has 0 spiro atoms. The highest BCUT2D eigenvalue weighted by molar-refractivity contribution is 5.81. The topological polar surface area (TPSA) is 60.2 Å². The predicted molar refractivity (Wildman–Crippen MR) is 83.3 cm³/mol. The lowest BCUT2D eigenvalue weighted by Crippen LogP contribution is -2.15. The first kappa shape index (κ1) is 14.8. The van der Waals surface area contributed by atoms with Crippen LogP contribution in [-0.2, 0) is 11.3 Å². The van der Waals surface area contributed by atoms with Crippen LogP contribution in [0.2, 0.25) is 0 Å². The van der Waals surface area contributed by atoms with Crippen LogP contribution in [0, 0.1) is 5.92 Å². The number of hydrogen-bond acceptors (Lipinski definition) is 4. The van der Waals surface area contributed by atoms with E-state index in [2.05, 4.69) is 37.2 Å². The number of nitrogens with zero attached hydrogens (tertiary/aromatic N) is 1. The lowest BCUT2D eigenvalue weighted by atomic mass is 10.1.